The van der Waals surface area contributed by atoms with Gasteiger partial charge in [0, 0.05) is 31.2 Å². The van der Waals surface area contributed by atoms with Gasteiger partial charge in [-0.1, -0.05) is 24.6 Å². The maximum atomic E-state index is 14.1. The van der Waals surface area contributed by atoms with Crippen molar-refractivity contribution in [3.05, 3.63) is 53.8 Å². The Labute approximate surface area is 193 Å². The molecule has 1 saturated heterocycles. The molecule has 1 amide bonds. The van der Waals surface area contributed by atoms with Gasteiger partial charge in [-0.3, -0.25) is 4.79 Å². The van der Waals surface area contributed by atoms with Gasteiger partial charge in [0.2, 0.25) is 5.91 Å². The fraction of sp³-hybridized carbons (Fsp3) is 0.458. The molecule has 1 atom stereocenters. The number of nitrogens with zero attached hydrogens (tertiary/aromatic N) is 1. The smallest absolute Gasteiger partial charge is 0.339 e. The van der Waals surface area contributed by atoms with Crippen LogP contribution in [0.1, 0.15) is 37.7 Å². The SMILES string of the molecule is COc1ccc(S(=O)(=O)Oc2ccccc2CN(C[C@@H]2CCCO2)C(=O)C2CCC2)cc1F. The Hall–Kier alpha value is -2.65. The highest BCUT2D eigenvalue weighted by molar-refractivity contribution is 7.87. The number of halogens is 1. The molecule has 1 heterocycles. The molecular formula is C24H28FNO6S. The van der Waals surface area contributed by atoms with Gasteiger partial charge >= 0.3 is 10.1 Å². The van der Waals surface area contributed by atoms with Crippen LogP contribution < -0.4 is 8.92 Å². The van der Waals surface area contributed by atoms with E-state index in [1.54, 1.807) is 23.1 Å². The molecule has 1 aliphatic carbocycles. The Morgan fingerprint density at radius 3 is 2.55 bits per heavy atom. The van der Waals surface area contributed by atoms with Gasteiger partial charge in [-0.25, -0.2) is 4.39 Å². The molecule has 0 N–H and O–H groups in total. The van der Waals surface area contributed by atoms with E-state index >= 15 is 0 Å². The van der Waals surface area contributed by atoms with E-state index in [0.29, 0.717) is 18.7 Å². The van der Waals surface area contributed by atoms with Crippen molar-refractivity contribution < 1.29 is 31.3 Å². The summed E-state index contributed by atoms with van der Waals surface area (Å²) in [6, 6.07) is 10.0. The molecule has 0 unspecified atom stereocenters. The quantitative estimate of drug-likeness (QED) is 0.510. The van der Waals surface area contributed by atoms with Gasteiger partial charge in [0.05, 0.1) is 13.2 Å². The first-order chi connectivity index (χ1) is 15.9. The number of para-hydroxylation sites is 1. The van der Waals surface area contributed by atoms with Crippen molar-refractivity contribution in [2.45, 2.75) is 49.6 Å². The van der Waals surface area contributed by atoms with Crippen LogP contribution in [0.15, 0.2) is 47.4 Å². The average Bonchev–Trinajstić information content (AvgIpc) is 3.26. The normalized spacial score (nSPS) is 18.5. The molecule has 2 aliphatic rings. The summed E-state index contributed by atoms with van der Waals surface area (Å²) in [6.45, 7) is 1.35. The first kappa shape index (κ1) is 23.5. The summed E-state index contributed by atoms with van der Waals surface area (Å²) in [4.78, 5) is 14.5. The third-order valence-electron chi connectivity index (χ3n) is 6.16. The van der Waals surface area contributed by atoms with Crippen LogP contribution in [0.3, 0.4) is 0 Å². The fourth-order valence-electron chi connectivity index (χ4n) is 4.07. The number of ether oxygens (including phenoxy) is 2. The Morgan fingerprint density at radius 2 is 1.91 bits per heavy atom. The van der Waals surface area contributed by atoms with E-state index < -0.39 is 15.9 Å². The van der Waals surface area contributed by atoms with Gasteiger partial charge in [-0.05, 0) is 49.9 Å². The van der Waals surface area contributed by atoms with Gasteiger partial charge in [-0.2, -0.15) is 8.42 Å². The predicted molar refractivity (Wildman–Crippen MR) is 119 cm³/mol. The van der Waals surface area contributed by atoms with Gasteiger partial charge in [0.1, 0.15) is 10.6 Å². The third kappa shape index (κ3) is 5.47. The molecule has 2 aromatic carbocycles. The highest BCUT2D eigenvalue weighted by Gasteiger charge is 2.32. The predicted octanol–water partition coefficient (Wildman–Crippen LogP) is 3.91. The lowest BCUT2D eigenvalue weighted by Gasteiger charge is -2.33. The van der Waals surface area contributed by atoms with Crippen LogP contribution in [0.5, 0.6) is 11.5 Å². The van der Waals surface area contributed by atoms with E-state index in [1.807, 2.05) is 0 Å². The van der Waals surface area contributed by atoms with Crippen molar-refractivity contribution in [3.63, 3.8) is 0 Å². The summed E-state index contributed by atoms with van der Waals surface area (Å²) in [5, 5.41) is 0. The number of carbonyl (C=O) groups is 1. The monoisotopic (exact) mass is 477 g/mol. The molecule has 1 saturated carbocycles. The van der Waals surface area contributed by atoms with E-state index in [9.17, 15) is 17.6 Å². The Balaban J connectivity index is 1.56. The highest BCUT2D eigenvalue weighted by atomic mass is 32.2. The van der Waals surface area contributed by atoms with Crippen molar-refractivity contribution in [2.75, 3.05) is 20.3 Å². The van der Waals surface area contributed by atoms with Crippen LogP contribution in [0.4, 0.5) is 4.39 Å². The van der Waals surface area contributed by atoms with Crippen LogP contribution in [0, 0.1) is 11.7 Å². The summed E-state index contributed by atoms with van der Waals surface area (Å²) in [5.41, 5.74) is 0.556. The van der Waals surface area contributed by atoms with Crippen molar-refractivity contribution in [1.82, 2.24) is 4.90 Å². The third-order valence-corrected chi connectivity index (χ3v) is 7.39. The molecule has 1 aliphatic heterocycles. The number of rotatable bonds is 9. The van der Waals surface area contributed by atoms with Gasteiger partial charge in [0.25, 0.3) is 0 Å². The summed E-state index contributed by atoms with van der Waals surface area (Å²) in [7, 11) is -3.00. The number of amides is 1. The molecule has 7 nitrogen and oxygen atoms in total. The molecule has 0 radical (unpaired) electrons. The zero-order valence-corrected chi connectivity index (χ0v) is 19.4. The minimum Gasteiger partial charge on any atom is -0.494 e. The number of carbonyl (C=O) groups excluding carboxylic acids is 1. The largest absolute Gasteiger partial charge is 0.494 e. The Bertz CT molecular complexity index is 1100. The maximum absolute atomic E-state index is 14.1. The highest BCUT2D eigenvalue weighted by Crippen LogP contribution is 2.31. The fourth-order valence-corrected chi connectivity index (χ4v) is 5.05. The minimum atomic E-state index is -4.30. The van der Waals surface area contributed by atoms with Crippen molar-refractivity contribution >= 4 is 16.0 Å². The molecule has 2 aromatic rings. The lowest BCUT2D eigenvalue weighted by Crippen LogP contribution is -2.42. The van der Waals surface area contributed by atoms with Crippen LogP contribution in [0.25, 0.3) is 0 Å². The molecule has 4 rings (SSSR count). The molecule has 0 aromatic heterocycles. The number of benzene rings is 2. The van der Waals surface area contributed by atoms with Gasteiger partial charge in [0.15, 0.2) is 11.6 Å². The molecule has 2 fully saturated rings. The molecule has 0 bridgehead atoms. The minimum absolute atomic E-state index is 0.00508. The zero-order valence-electron chi connectivity index (χ0n) is 18.5. The standard InChI is InChI=1S/C24H28FNO6S/c1-30-23-12-11-20(14-21(23)25)33(28,29)32-22-10-3-2-6-18(22)15-26(16-19-9-5-13-31-19)24(27)17-7-4-8-17/h2-3,6,10-12,14,17,19H,4-5,7-9,13,15-16H2,1H3/t19-/m0/s1. The van der Waals surface area contributed by atoms with Crippen LogP contribution in [0.2, 0.25) is 0 Å². The van der Waals surface area contributed by atoms with E-state index in [4.69, 9.17) is 13.7 Å². The summed E-state index contributed by atoms with van der Waals surface area (Å²) in [5.74, 6) is -0.692. The summed E-state index contributed by atoms with van der Waals surface area (Å²) in [6.07, 6.45) is 4.62. The van der Waals surface area contributed by atoms with Crippen LogP contribution >= 0.6 is 0 Å². The Morgan fingerprint density at radius 1 is 1.12 bits per heavy atom. The molecule has 33 heavy (non-hydrogen) atoms. The molecule has 0 spiro atoms. The molecular weight excluding hydrogens is 449 g/mol. The van der Waals surface area contributed by atoms with Crippen LogP contribution in [-0.2, 0) is 26.2 Å². The first-order valence-electron chi connectivity index (χ1n) is 11.1. The van der Waals surface area contributed by atoms with Crippen molar-refractivity contribution in [1.29, 1.82) is 0 Å². The van der Waals surface area contributed by atoms with Crippen molar-refractivity contribution in [3.8, 4) is 11.5 Å². The van der Waals surface area contributed by atoms with E-state index in [-0.39, 0.29) is 40.9 Å². The summed E-state index contributed by atoms with van der Waals surface area (Å²) >= 11 is 0. The van der Waals surface area contributed by atoms with Gasteiger partial charge < -0.3 is 18.6 Å². The van der Waals surface area contributed by atoms with Crippen LogP contribution in [-0.4, -0.2) is 45.6 Å². The maximum Gasteiger partial charge on any atom is 0.339 e. The lowest BCUT2D eigenvalue weighted by molar-refractivity contribution is -0.140. The summed E-state index contributed by atoms with van der Waals surface area (Å²) < 4.78 is 55.7. The average molecular weight is 478 g/mol. The second kappa shape index (κ2) is 10.1. The number of hydrogen-bond acceptors (Lipinski definition) is 6. The Kier molecular flexibility index (Phi) is 7.19. The molecule has 178 valence electrons. The first-order valence-corrected chi connectivity index (χ1v) is 12.5. The molecule has 9 heteroatoms. The van der Waals surface area contributed by atoms with Crippen molar-refractivity contribution in [2.24, 2.45) is 5.92 Å². The zero-order chi connectivity index (χ0) is 23.4. The van der Waals surface area contributed by atoms with Gasteiger partial charge in [-0.15, -0.1) is 0 Å². The second-order valence-corrected chi connectivity index (χ2v) is 9.97. The topological polar surface area (TPSA) is 82.1 Å². The second-order valence-electron chi connectivity index (χ2n) is 8.42. The van der Waals surface area contributed by atoms with E-state index in [1.165, 1.54) is 25.3 Å². The number of methoxy groups -OCH3 is 1. The van der Waals surface area contributed by atoms with E-state index in [2.05, 4.69) is 0 Å². The number of hydrogen-bond donors (Lipinski definition) is 0. The lowest BCUT2D eigenvalue weighted by atomic mass is 9.84. The van der Waals surface area contributed by atoms with E-state index in [0.717, 1.165) is 38.2 Å².